The van der Waals surface area contributed by atoms with Gasteiger partial charge in [0.05, 0.1) is 0 Å². The van der Waals surface area contributed by atoms with E-state index in [1.807, 2.05) is 18.2 Å². The molecular formula is C18H23N5O2. The van der Waals surface area contributed by atoms with Crippen molar-refractivity contribution in [1.29, 1.82) is 0 Å². The van der Waals surface area contributed by atoms with Gasteiger partial charge in [0.1, 0.15) is 11.6 Å². The number of hydrogen-bond acceptors (Lipinski definition) is 4. The number of hydrogen-bond donors (Lipinski definition) is 1. The molecule has 2 N–H and O–H groups in total. The molecule has 0 unspecified atom stereocenters. The number of nitrogens with two attached hydrogens (primary N) is 1. The first-order valence-corrected chi connectivity index (χ1v) is 8.64. The zero-order valence-corrected chi connectivity index (χ0v) is 14.2. The lowest BCUT2D eigenvalue weighted by atomic mass is 10.1. The molecule has 2 aromatic rings. The smallest absolute Gasteiger partial charge is 0.223 e. The molecule has 0 saturated heterocycles. The highest BCUT2D eigenvalue weighted by atomic mass is 16.2. The Morgan fingerprint density at radius 3 is 2.56 bits per heavy atom. The van der Waals surface area contributed by atoms with E-state index in [0.717, 1.165) is 24.5 Å². The molecule has 1 aromatic carbocycles. The zero-order chi connectivity index (χ0) is 17.6. The van der Waals surface area contributed by atoms with E-state index in [1.165, 1.54) is 5.56 Å². The van der Waals surface area contributed by atoms with Crippen molar-refractivity contribution >= 4 is 11.8 Å². The number of carbonyl (C=O) groups is 2. The van der Waals surface area contributed by atoms with Crippen molar-refractivity contribution in [2.24, 2.45) is 5.73 Å². The number of carbonyl (C=O) groups excluding carboxylic acids is 2. The molecule has 0 saturated carbocycles. The van der Waals surface area contributed by atoms with Crippen LogP contribution in [0.4, 0.5) is 0 Å². The molecule has 3 rings (SSSR count). The van der Waals surface area contributed by atoms with E-state index in [4.69, 9.17) is 5.73 Å². The van der Waals surface area contributed by atoms with Gasteiger partial charge in [0.25, 0.3) is 0 Å². The van der Waals surface area contributed by atoms with Crippen LogP contribution in [0.25, 0.3) is 0 Å². The molecule has 0 spiro atoms. The maximum atomic E-state index is 12.2. The predicted molar refractivity (Wildman–Crippen MR) is 92.6 cm³/mol. The van der Waals surface area contributed by atoms with Gasteiger partial charge < -0.3 is 15.2 Å². The van der Waals surface area contributed by atoms with Gasteiger partial charge in [0.15, 0.2) is 0 Å². The fraction of sp³-hybridized carbons (Fsp3) is 0.444. The average molecular weight is 341 g/mol. The van der Waals surface area contributed by atoms with Gasteiger partial charge in [-0.2, -0.15) is 0 Å². The summed E-state index contributed by atoms with van der Waals surface area (Å²) in [6, 6.07) is 10.3. The Hall–Kier alpha value is -2.70. The lowest BCUT2D eigenvalue weighted by Crippen LogP contribution is -2.34. The first kappa shape index (κ1) is 17.1. The van der Waals surface area contributed by atoms with Gasteiger partial charge in [0, 0.05) is 45.3 Å². The molecule has 1 aromatic heterocycles. The van der Waals surface area contributed by atoms with E-state index in [9.17, 15) is 9.59 Å². The molecule has 0 bridgehead atoms. The molecular weight excluding hydrogens is 318 g/mol. The maximum Gasteiger partial charge on any atom is 0.223 e. The topological polar surface area (TPSA) is 94.1 Å². The van der Waals surface area contributed by atoms with Crippen LogP contribution in [0.15, 0.2) is 30.3 Å². The maximum absolute atomic E-state index is 12.2. The summed E-state index contributed by atoms with van der Waals surface area (Å²) in [5.41, 5.74) is 6.40. The highest BCUT2D eigenvalue weighted by molar-refractivity contribution is 5.82. The second-order valence-corrected chi connectivity index (χ2v) is 6.27. The minimum atomic E-state index is -0.441. The molecule has 7 nitrogen and oxygen atoms in total. The minimum absolute atomic E-state index is 0.0247. The molecule has 0 fully saturated rings. The Morgan fingerprint density at radius 1 is 1.00 bits per heavy atom. The van der Waals surface area contributed by atoms with Crippen molar-refractivity contribution < 1.29 is 9.59 Å². The van der Waals surface area contributed by atoms with E-state index >= 15 is 0 Å². The van der Waals surface area contributed by atoms with Crippen LogP contribution in [0.1, 0.15) is 30.1 Å². The summed E-state index contributed by atoms with van der Waals surface area (Å²) in [6.07, 6.45) is 2.70. The van der Waals surface area contributed by atoms with Gasteiger partial charge in [-0.1, -0.05) is 30.3 Å². The lowest BCUT2D eigenvalue weighted by molar-refractivity contribution is -0.133. The van der Waals surface area contributed by atoms with Crippen molar-refractivity contribution in [3.05, 3.63) is 47.5 Å². The summed E-state index contributed by atoms with van der Waals surface area (Å²) in [4.78, 5) is 24.8. The number of rotatable bonds is 6. The molecule has 2 amide bonds. The Kier molecular flexibility index (Phi) is 5.42. The Bertz CT molecular complexity index is 741. The molecule has 0 aliphatic carbocycles. The van der Waals surface area contributed by atoms with Crippen molar-refractivity contribution in [3.8, 4) is 0 Å². The summed E-state index contributed by atoms with van der Waals surface area (Å²) >= 11 is 0. The van der Waals surface area contributed by atoms with Gasteiger partial charge >= 0.3 is 0 Å². The molecule has 7 heteroatoms. The summed E-state index contributed by atoms with van der Waals surface area (Å²) in [6.45, 7) is 1.91. The number of primary amides is 1. The number of aryl methyl sites for hydroxylation is 2. The Morgan fingerprint density at radius 2 is 1.80 bits per heavy atom. The number of amides is 2. The van der Waals surface area contributed by atoms with Crippen molar-refractivity contribution in [2.45, 2.75) is 38.6 Å². The predicted octanol–water partition coefficient (Wildman–Crippen LogP) is 0.713. The molecule has 1 aliphatic heterocycles. The van der Waals surface area contributed by atoms with Crippen LogP contribution in [0.5, 0.6) is 0 Å². The molecule has 0 atom stereocenters. The third-order valence-electron chi connectivity index (χ3n) is 4.52. The second kappa shape index (κ2) is 7.92. The second-order valence-electron chi connectivity index (χ2n) is 6.27. The van der Waals surface area contributed by atoms with Crippen LogP contribution in [0, 0.1) is 0 Å². The third kappa shape index (κ3) is 4.43. The van der Waals surface area contributed by atoms with E-state index in [2.05, 4.69) is 26.9 Å². The fourth-order valence-electron chi connectivity index (χ4n) is 3.11. The van der Waals surface area contributed by atoms with Crippen LogP contribution in [-0.2, 0) is 35.4 Å². The van der Waals surface area contributed by atoms with E-state index in [0.29, 0.717) is 26.1 Å². The normalized spacial score (nSPS) is 14.0. The van der Waals surface area contributed by atoms with Crippen LogP contribution in [0.3, 0.4) is 0 Å². The van der Waals surface area contributed by atoms with Gasteiger partial charge in [0.2, 0.25) is 11.8 Å². The van der Waals surface area contributed by atoms with E-state index in [1.54, 1.807) is 4.90 Å². The van der Waals surface area contributed by atoms with E-state index < -0.39 is 5.91 Å². The molecule has 25 heavy (non-hydrogen) atoms. The highest BCUT2D eigenvalue weighted by Crippen LogP contribution is 2.13. The first-order valence-electron chi connectivity index (χ1n) is 8.64. The monoisotopic (exact) mass is 341 g/mol. The zero-order valence-electron chi connectivity index (χ0n) is 14.2. The van der Waals surface area contributed by atoms with Crippen LogP contribution in [-0.4, -0.2) is 44.6 Å². The summed E-state index contributed by atoms with van der Waals surface area (Å²) in [5.74, 6) is 1.42. The van der Waals surface area contributed by atoms with Crippen molar-refractivity contribution in [2.75, 3.05) is 13.1 Å². The third-order valence-corrected chi connectivity index (χ3v) is 4.52. The highest BCUT2D eigenvalue weighted by Gasteiger charge is 2.21. The number of benzene rings is 1. The van der Waals surface area contributed by atoms with Crippen molar-refractivity contribution in [3.63, 3.8) is 0 Å². The van der Waals surface area contributed by atoms with Gasteiger partial charge in [-0.25, -0.2) is 0 Å². The summed E-state index contributed by atoms with van der Waals surface area (Å²) in [5, 5.41) is 8.63. The number of nitrogens with zero attached hydrogens (tertiary/aromatic N) is 4. The number of aromatic nitrogens is 3. The van der Waals surface area contributed by atoms with Crippen LogP contribution >= 0.6 is 0 Å². The molecule has 1 aliphatic rings. The quantitative estimate of drug-likeness (QED) is 0.837. The average Bonchev–Trinajstić information content (AvgIpc) is 2.88. The molecule has 132 valence electrons. The number of fused-ring (bicyclic) bond motifs is 1. The lowest BCUT2D eigenvalue weighted by Gasteiger charge is -2.19. The Labute approximate surface area is 146 Å². The van der Waals surface area contributed by atoms with Crippen LogP contribution in [0.2, 0.25) is 0 Å². The first-order chi connectivity index (χ1) is 12.1. The van der Waals surface area contributed by atoms with Gasteiger partial charge in [-0.3, -0.25) is 9.59 Å². The molecule has 2 heterocycles. The fourth-order valence-corrected chi connectivity index (χ4v) is 3.11. The largest absolute Gasteiger partial charge is 0.370 e. The van der Waals surface area contributed by atoms with E-state index in [-0.39, 0.29) is 18.7 Å². The SMILES string of the molecule is NC(=O)CCC(=O)N1CCc2nnc(CCc3ccccc3)n2CC1. The molecule has 0 radical (unpaired) electrons. The summed E-state index contributed by atoms with van der Waals surface area (Å²) in [7, 11) is 0. The van der Waals surface area contributed by atoms with Gasteiger partial charge in [-0.05, 0) is 12.0 Å². The van der Waals surface area contributed by atoms with Crippen molar-refractivity contribution in [1.82, 2.24) is 19.7 Å². The summed E-state index contributed by atoms with van der Waals surface area (Å²) < 4.78 is 2.13. The minimum Gasteiger partial charge on any atom is -0.370 e. The standard InChI is InChI=1S/C18H23N5O2/c19-15(24)7-9-18(25)22-11-10-17-21-20-16(23(17)13-12-22)8-6-14-4-2-1-3-5-14/h1-5H,6-13H2,(H2,19,24). The van der Waals surface area contributed by atoms with Gasteiger partial charge in [-0.15, -0.1) is 10.2 Å². The Balaban J connectivity index is 1.60. The van der Waals surface area contributed by atoms with Crippen LogP contribution < -0.4 is 5.73 Å².